The van der Waals surface area contributed by atoms with Gasteiger partial charge in [0.2, 0.25) is 5.13 Å². The van der Waals surface area contributed by atoms with Gasteiger partial charge in [-0.05, 0) is 19.1 Å². The lowest BCUT2D eigenvalue weighted by Crippen LogP contribution is -2.02. The largest absolute Gasteiger partial charge is 0.325 e. The molecule has 3 aromatic rings. The molecule has 0 aliphatic rings. The smallest absolute Gasteiger partial charge is 0.234 e. The van der Waals surface area contributed by atoms with Gasteiger partial charge in [0.1, 0.15) is 16.4 Å². The molecular formula is C12H11ClN6S. The lowest BCUT2D eigenvalue weighted by molar-refractivity contribution is 0.782. The van der Waals surface area contributed by atoms with Crippen molar-refractivity contribution >= 4 is 22.9 Å². The maximum absolute atomic E-state index is 6.05. The van der Waals surface area contributed by atoms with E-state index < -0.39 is 0 Å². The van der Waals surface area contributed by atoms with Crippen LogP contribution in [0.3, 0.4) is 0 Å². The summed E-state index contributed by atoms with van der Waals surface area (Å²) < 4.78 is 1.65. The maximum Gasteiger partial charge on any atom is 0.234 e. The summed E-state index contributed by atoms with van der Waals surface area (Å²) in [5.41, 5.74) is 8.13. The van der Waals surface area contributed by atoms with Gasteiger partial charge in [-0.3, -0.25) is 0 Å². The number of rotatable bonds is 3. The lowest BCUT2D eigenvalue weighted by Gasteiger charge is -2.05. The molecule has 0 radical (unpaired) electrons. The molecule has 1 aromatic carbocycles. The molecule has 2 N–H and O–H groups in total. The predicted octanol–water partition coefficient (Wildman–Crippen LogP) is 2.21. The van der Waals surface area contributed by atoms with Gasteiger partial charge in [0.15, 0.2) is 0 Å². The normalized spacial score (nSPS) is 10.9. The van der Waals surface area contributed by atoms with Crippen LogP contribution in [-0.2, 0) is 6.54 Å². The Hall–Kier alpha value is -1.83. The van der Waals surface area contributed by atoms with Crippen molar-refractivity contribution in [2.24, 2.45) is 5.73 Å². The summed E-state index contributed by atoms with van der Waals surface area (Å²) >= 11 is 7.50. The third kappa shape index (κ3) is 2.31. The van der Waals surface area contributed by atoms with E-state index in [-0.39, 0.29) is 0 Å². The first-order valence-electron chi connectivity index (χ1n) is 5.90. The molecule has 2 heterocycles. The van der Waals surface area contributed by atoms with Crippen molar-refractivity contribution in [3.05, 3.63) is 40.0 Å². The Morgan fingerprint density at radius 3 is 2.80 bits per heavy atom. The highest BCUT2D eigenvalue weighted by Gasteiger charge is 2.17. The third-order valence-electron chi connectivity index (χ3n) is 2.73. The Kier molecular flexibility index (Phi) is 3.47. The van der Waals surface area contributed by atoms with Crippen molar-refractivity contribution in [1.82, 2.24) is 25.2 Å². The van der Waals surface area contributed by atoms with E-state index in [9.17, 15) is 0 Å². The van der Waals surface area contributed by atoms with Crippen LogP contribution in [0.2, 0.25) is 5.02 Å². The van der Waals surface area contributed by atoms with E-state index in [2.05, 4.69) is 20.5 Å². The minimum absolute atomic E-state index is 0.291. The number of hydrogen-bond donors (Lipinski definition) is 1. The third-order valence-corrected chi connectivity index (χ3v) is 3.78. The molecule has 0 saturated carbocycles. The first-order valence-corrected chi connectivity index (χ1v) is 7.09. The molecule has 3 rings (SSSR count). The summed E-state index contributed by atoms with van der Waals surface area (Å²) in [6.45, 7) is 2.18. The maximum atomic E-state index is 6.05. The summed E-state index contributed by atoms with van der Waals surface area (Å²) in [6, 6.07) is 7.48. The highest BCUT2D eigenvalue weighted by Crippen LogP contribution is 2.28. The van der Waals surface area contributed by atoms with E-state index in [1.165, 1.54) is 11.3 Å². The Bertz CT molecular complexity index is 750. The Balaban J connectivity index is 2.20. The van der Waals surface area contributed by atoms with Crippen molar-refractivity contribution in [3.8, 4) is 16.4 Å². The summed E-state index contributed by atoms with van der Waals surface area (Å²) in [5, 5.41) is 18.5. The molecule has 0 atom stereocenters. The molecule has 0 saturated heterocycles. The molecule has 0 aliphatic carbocycles. The Morgan fingerprint density at radius 2 is 2.15 bits per heavy atom. The van der Waals surface area contributed by atoms with Crippen LogP contribution >= 0.6 is 22.9 Å². The van der Waals surface area contributed by atoms with Crippen molar-refractivity contribution in [3.63, 3.8) is 0 Å². The van der Waals surface area contributed by atoms with E-state index in [0.29, 0.717) is 22.4 Å². The summed E-state index contributed by atoms with van der Waals surface area (Å²) in [4.78, 5) is 0. The van der Waals surface area contributed by atoms with Crippen LogP contribution in [0, 0.1) is 6.92 Å². The summed E-state index contributed by atoms with van der Waals surface area (Å²) in [6.07, 6.45) is 0. The van der Waals surface area contributed by atoms with Gasteiger partial charge in [-0.25, -0.2) is 0 Å². The molecule has 2 aromatic heterocycles. The summed E-state index contributed by atoms with van der Waals surface area (Å²) in [7, 11) is 0. The fourth-order valence-corrected chi connectivity index (χ4v) is 2.71. The number of nitrogens with zero attached hydrogens (tertiary/aromatic N) is 5. The summed E-state index contributed by atoms with van der Waals surface area (Å²) in [5.74, 6) is 0. The zero-order valence-electron chi connectivity index (χ0n) is 10.6. The van der Waals surface area contributed by atoms with Gasteiger partial charge >= 0.3 is 0 Å². The van der Waals surface area contributed by atoms with Crippen molar-refractivity contribution in [1.29, 1.82) is 0 Å². The molecule has 0 amide bonds. The fraction of sp³-hybridized carbons (Fsp3) is 0.167. The van der Waals surface area contributed by atoms with Gasteiger partial charge in [-0.2, -0.15) is 4.68 Å². The zero-order valence-corrected chi connectivity index (χ0v) is 12.2. The van der Waals surface area contributed by atoms with Crippen molar-refractivity contribution in [2.75, 3.05) is 0 Å². The lowest BCUT2D eigenvalue weighted by atomic mass is 10.1. The first-order chi connectivity index (χ1) is 9.69. The zero-order chi connectivity index (χ0) is 14.1. The predicted molar refractivity (Wildman–Crippen MR) is 77.9 cm³/mol. The first kappa shape index (κ1) is 13.2. The minimum Gasteiger partial charge on any atom is -0.325 e. The Labute approximate surface area is 124 Å². The minimum atomic E-state index is 0.291. The van der Waals surface area contributed by atoms with Crippen molar-refractivity contribution in [2.45, 2.75) is 13.5 Å². The van der Waals surface area contributed by atoms with Crippen molar-refractivity contribution < 1.29 is 0 Å². The van der Waals surface area contributed by atoms with E-state index in [0.717, 1.165) is 16.3 Å². The molecule has 6 nitrogen and oxygen atoms in total. The highest BCUT2D eigenvalue weighted by molar-refractivity contribution is 7.13. The number of hydrogen-bond acceptors (Lipinski definition) is 6. The Morgan fingerprint density at radius 1 is 1.30 bits per heavy atom. The molecule has 102 valence electrons. The highest BCUT2D eigenvalue weighted by atomic mass is 35.5. The SMILES string of the molecule is Cc1nnc(-n2nnc(CN)c2-c2cccc(Cl)c2)s1. The molecule has 20 heavy (non-hydrogen) atoms. The van der Waals surface area contributed by atoms with E-state index in [1.54, 1.807) is 4.68 Å². The van der Waals surface area contributed by atoms with Crippen LogP contribution in [0.5, 0.6) is 0 Å². The molecule has 0 bridgehead atoms. The monoisotopic (exact) mass is 306 g/mol. The quantitative estimate of drug-likeness (QED) is 0.802. The van der Waals surface area contributed by atoms with Gasteiger partial charge in [-0.15, -0.1) is 15.3 Å². The van der Waals surface area contributed by atoms with Crippen LogP contribution in [0.15, 0.2) is 24.3 Å². The molecule has 0 aliphatic heterocycles. The van der Waals surface area contributed by atoms with Crippen LogP contribution in [0.4, 0.5) is 0 Å². The topological polar surface area (TPSA) is 82.5 Å². The molecule has 0 unspecified atom stereocenters. The van der Waals surface area contributed by atoms with Crippen LogP contribution in [0.1, 0.15) is 10.7 Å². The second-order valence-electron chi connectivity index (χ2n) is 4.11. The number of halogens is 1. The number of aryl methyl sites for hydroxylation is 1. The second kappa shape index (κ2) is 5.28. The average Bonchev–Trinajstić information content (AvgIpc) is 3.04. The van der Waals surface area contributed by atoms with Crippen LogP contribution in [-0.4, -0.2) is 25.2 Å². The van der Waals surface area contributed by atoms with E-state index in [1.807, 2.05) is 31.2 Å². The van der Waals surface area contributed by atoms with E-state index in [4.69, 9.17) is 17.3 Å². The number of aromatic nitrogens is 5. The van der Waals surface area contributed by atoms with Gasteiger partial charge in [0, 0.05) is 17.1 Å². The van der Waals surface area contributed by atoms with E-state index >= 15 is 0 Å². The van der Waals surface area contributed by atoms with Gasteiger partial charge in [0.25, 0.3) is 0 Å². The molecule has 0 spiro atoms. The molecular weight excluding hydrogens is 296 g/mol. The van der Waals surface area contributed by atoms with Gasteiger partial charge in [0.05, 0.1) is 0 Å². The van der Waals surface area contributed by atoms with Gasteiger partial charge in [-0.1, -0.05) is 40.3 Å². The molecule has 8 heteroatoms. The van der Waals surface area contributed by atoms with Crippen LogP contribution in [0.25, 0.3) is 16.4 Å². The van der Waals surface area contributed by atoms with Crippen LogP contribution < -0.4 is 5.73 Å². The second-order valence-corrected chi connectivity index (χ2v) is 5.71. The number of benzene rings is 1. The average molecular weight is 307 g/mol. The standard InChI is InChI=1S/C12H11ClN6S/c1-7-15-17-12(20-7)19-11(10(6-14)16-18-19)8-3-2-4-9(13)5-8/h2-5H,6,14H2,1H3. The van der Waals surface area contributed by atoms with Gasteiger partial charge < -0.3 is 5.73 Å². The molecule has 0 fully saturated rings. The number of nitrogens with two attached hydrogens (primary N) is 1. The fourth-order valence-electron chi connectivity index (χ4n) is 1.88.